The summed E-state index contributed by atoms with van der Waals surface area (Å²) >= 11 is 0. The molecule has 2 aliphatic heterocycles. The summed E-state index contributed by atoms with van der Waals surface area (Å²) in [5.41, 5.74) is 0.605. The Bertz CT molecular complexity index is 428. The zero-order valence-electron chi connectivity index (χ0n) is 11.3. The van der Waals surface area contributed by atoms with E-state index in [9.17, 15) is 4.79 Å². The minimum Gasteiger partial charge on any atom is -0.337 e. The first kappa shape index (κ1) is 12.7. The molecule has 0 aliphatic carbocycles. The molecule has 1 amide bonds. The highest BCUT2D eigenvalue weighted by atomic mass is 16.2. The average Bonchev–Trinajstić information content (AvgIpc) is 3.04. The first-order valence-electron chi connectivity index (χ1n) is 7.38. The Morgan fingerprint density at radius 3 is 2.74 bits per heavy atom. The van der Waals surface area contributed by atoms with Crippen LogP contribution in [0.3, 0.4) is 0 Å². The minimum absolute atomic E-state index is 0.103. The van der Waals surface area contributed by atoms with E-state index in [1.54, 1.807) is 0 Å². The number of imidazole rings is 1. The maximum absolute atomic E-state index is 12.4. The van der Waals surface area contributed by atoms with E-state index >= 15 is 0 Å². The van der Waals surface area contributed by atoms with Crippen LogP contribution < -0.4 is 5.32 Å². The zero-order chi connectivity index (χ0) is 13.1. The molecule has 1 atom stereocenters. The Hall–Kier alpha value is -1.36. The van der Waals surface area contributed by atoms with E-state index in [2.05, 4.69) is 14.9 Å². The number of hydrogen-bond donors (Lipinski definition) is 1. The van der Waals surface area contributed by atoms with Crippen LogP contribution in [0.25, 0.3) is 0 Å². The van der Waals surface area contributed by atoms with Crippen molar-refractivity contribution in [2.24, 2.45) is 0 Å². The third-order valence-corrected chi connectivity index (χ3v) is 4.17. The van der Waals surface area contributed by atoms with Gasteiger partial charge in [-0.05, 0) is 25.8 Å². The highest BCUT2D eigenvalue weighted by molar-refractivity contribution is 5.92. The normalized spacial score (nSPS) is 24.4. The lowest BCUT2D eigenvalue weighted by molar-refractivity contribution is 0.0756. The summed E-state index contributed by atoms with van der Waals surface area (Å²) in [4.78, 5) is 18.7. The van der Waals surface area contributed by atoms with E-state index < -0.39 is 0 Å². The second-order valence-corrected chi connectivity index (χ2v) is 5.56. The molecule has 5 nitrogen and oxygen atoms in total. The number of carbonyl (C=O) groups is 1. The van der Waals surface area contributed by atoms with Gasteiger partial charge in [-0.2, -0.15) is 0 Å². The molecule has 0 radical (unpaired) electrons. The molecule has 5 heteroatoms. The van der Waals surface area contributed by atoms with Crippen molar-refractivity contribution in [3.8, 4) is 0 Å². The number of nitrogens with zero attached hydrogens (tertiary/aromatic N) is 3. The quantitative estimate of drug-likeness (QED) is 0.877. The molecule has 0 aromatic carbocycles. The van der Waals surface area contributed by atoms with E-state index in [0.29, 0.717) is 11.7 Å². The third kappa shape index (κ3) is 2.81. The van der Waals surface area contributed by atoms with E-state index in [1.165, 1.54) is 12.8 Å². The average molecular weight is 262 g/mol. The monoisotopic (exact) mass is 262 g/mol. The maximum Gasteiger partial charge on any atom is 0.274 e. The fourth-order valence-electron chi connectivity index (χ4n) is 2.98. The van der Waals surface area contributed by atoms with Crippen LogP contribution in [-0.2, 0) is 0 Å². The maximum atomic E-state index is 12.4. The van der Waals surface area contributed by atoms with Crippen molar-refractivity contribution in [1.29, 1.82) is 0 Å². The van der Waals surface area contributed by atoms with Gasteiger partial charge < -0.3 is 14.8 Å². The Labute approximate surface area is 114 Å². The second kappa shape index (κ2) is 5.74. The summed E-state index contributed by atoms with van der Waals surface area (Å²) in [6.07, 6.45) is 9.58. The lowest BCUT2D eigenvalue weighted by atomic mass is 10.2. The first-order chi connectivity index (χ1) is 9.34. The van der Waals surface area contributed by atoms with Gasteiger partial charge in [0.05, 0.1) is 6.33 Å². The zero-order valence-corrected chi connectivity index (χ0v) is 11.3. The topological polar surface area (TPSA) is 50.2 Å². The molecule has 0 bridgehead atoms. The smallest absolute Gasteiger partial charge is 0.274 e. The largest absolute Gasteiger partial charge is 0.337 e. The van der Waals surface area contributed by atoms with Crippen molar-refractivity contribution in [3.63, 3.8) is 0 Å². The number of likely N-dealkylation sites (tertiary alicyclic amines) is 1. The number of hydrogen-bond acceptors (Lipinski definition) is 3. The van der Waals surface area contributed by atoms with Crippen LogP contribution in [0.1, 0.15) is 48.6 Å². The van der Waals surface area contributed by atoms with Gasteiger partial charge in [0.2, 0.25) is 0 Å². The van der Waals surface area contributed by atoms with Crippen LogP contribution in [0.2, 0.25) is 0 Å². The Kier molecular flexibility index (Phi) is 3.82. The molecule has 1 aromatic heterocycles. The molecule has 2 aliphatic rings. The van der Waals surface area contributed by atoms with Crippen LogP contribution in [0, 0.1) is 0 Å². The van der Waals surface area contributed by atoms with Gasteiger partial charge in [-0.25, -0.2) is 4.98 Å². The molecule has 1 N–H and O–H groups in total. The van der Waals surface area contributed by atoms with Crippen LogP contribution >= 0.6 is 0 Å². The fraction of sp³-hybridized carbons (Fsp3) is 0.714. The predicted octanol–water partition coefficient (Wildman–Crippen LogP) is 1.43. The van der Waals surface area contributed by atoms with Crippen molar-refractivity contribution < 1.29 is 4.79 Å². The van der Waals surface area contributed by atoms with Gasteiger partial charge in [-0.15, -0.1) is 0 Å². The van der Waals surface area contributed by atoms with Crippen molar-refractivity contribution in [1.82, 2.24) is 19.8 Å². The van der Waals surface area contributed by atoms with Crippen molar-refractivity contribution in [2.45, 2.75) is 38.1 Å². The molecule has 1 unspecified atom stereocenters. The number of aromatic nitrogens is 2. The Balaban J connectivity index is 1.68. The molecule has 3 rings (SSSR count). The summed E-state index contributed by atoms with van der Waals surface area (Å²) < 4.78 is 2.09. The number of rotatable bonds is 2. The molecular formula is C14H22N4O. The highest BCUT2D eigenvalue weighted by Crippen LogP contribution is 2.17. The summed E-state index contributed by atoms with van der Waals surface area (Å²) in [7, 11) is 0. The minimum atomic E-state index is 0.103. The van der Waals surface area contributed by atoms with E-state index in [1.807, 2.05) is 17.4 Å². The molecule has 104 valence electrons. The van der Waals surface area contributed by atoms with Gasteiger partial charge in [0.1, 0.15) is 5.69 Å². The van der Waals surface area contributed by atoms with Crippen LogP contribution in [-0.4, -0.2) is 46.5 Å². The first-order valence-corrected chi connectivity index (χ1v) is 7.38. The van der Waals surface area contributed by atoms with Gasteiger partial charge in [-0.3, -0.25) is 4.79 Å². The fourth-order valence-corrected chi connectivity index (χ4v) is 2.98. The summed E-state index contributed by atoms with van der Waals surface area (Å²) in [5.74, 6) is 0.103. The Morgan fingerprint density at radius 1 is 1.26 bits per heavy atom. The van der Waals surface area contributed by atoms with E-state index in [0.717, 1.165) is 45.4 Å². The summed E-state index contributed by atoms with van der Waals surface area (Å²) in [6.45, 7) is 3.80. The molecule has 3 heterocycles. The van der Waals surface area contributed by atoms with Gasteiger partial charge in [0.15, 0.2) is 0 Å². The molecule has 19 heavy (non-hydrogen) atoms. The molecule has 1 aromatic rings. The van der Waals surface area contributed by atoms with Crippen LogP contribution in [0.4, 0.5) is 0 Å². The molecule has 0 spiro atoms. The third-order valence-electron chi connectivity index (χ3n) is 4.17. The van der Waals surface area contributed by atoms with Gasteiger partial charge in [-0.1, -0.05) is 12.8 Å². The standard InChI is InChI=1S/C14H22N4O/c19-14(17-7-3-1-2-4-8-17)13-10-18(11-16-13)12-5-6-15-9-12/h10-12,15H,1-9H2. The molecular weight excluding hydrogens is 240 g/mol. The molecule has 2 fully saturated rings. The van der Waals surface area contributed by atoms with Crippen molar-refractivity contribution >= 4 is 5.91 Å². The highest BCUT2D eigenvalue weighted by Gasteiger charge is 2.22. The summed E-state index contributed by atoms with van der Waals surface area (Å²) in [6, 6.07) is 0.457. The van der Waals surface area contributed by atoms with Crippen LogP contribution in [0.15, 0.2) is 12.5 Å². The number of carbonyl (C=O) groups excluding carboxylic acids is 1. The lowest BCUT2D eigenvalue weighted by Crippen LogP contribution is -2.32. The SMILES string of the molecule is O=C(c1cn(C2CCNC2)cn1)N1CCCCCC1. The lowest BCUT2D eigenvalue weighted by Gasteiger charge is -2.18. The Morgan fingerprint density at radius 2 is 2.05 bits per heavy atom. The second-order valence-electron chi connectivity index (χ2n) is 5.56. The van der Waals surface area contributed by atoms with Gasteiger partial charge in [0, 0.05) is 31.9 Å². The van der Waals surface area contributed by atoms with Crippen molar-refractivity contribution in [2.75, 3.05) is 26.2 Å². The number of amides is 1. The summed E-state index contributed by atoms with van der Waals surface area (Å²) in [5, 5.41) is 3.34. The number of nitrogens with one attached hydrogen (secondary N) is 1. The van der Waals surface area contributed by atoms with Gasteiger partial charge in [0.25, 0.3) is 5.91 Å². The molecule has 2 saturated heterocycles. The van der Waals surface area contributed by atoms with Crippen molar-refractivity contribution in [3.05, 3.63) is 18.2 Å². The van der Waals surface area contributed by atoms with Gasteiger partial charge >= 0.3 is 0 Å². The van der Waals surface area contributed by atoms with E-state index in [-0.39, 0.29) is 5.91 Å². The molecule has 0 saturated carbocycles. The van der Waals surface area contributed by atoms with E-state index in [4.69, 9.17) is 0 Å². The predicted molar refractivity (Wildman–Crippen MR) is 73.1 cm³/mol. The van der Waals surface area contributed by atoms with Crippen LogP contribution in [0.5, 0.6) is 0 Å².